The minimum Gasteiger partial charge on any atom is -0.480 e. The Balaban J connectivity index is 2.86. The lowest BCUT2D eigenvalue weighted by Crippen LogP contribution is -2.40. The van der Waals surface area contributed by atoms with E-state index in [2.05, 4.69) is 42.2 Å². The average Bonchev–Trinajstić information content (AvgIpc) is 2.24. The Morgan fingerprint density at radius 3 is 2.65 bits per heavy atom. The molecule has 1 aromatic heterocycles. The number of pyridine rings is 1. The summed E-state index contributed by atoms with van der Waals surface area (Å²) in [6.07, 6.45) is 1.79. The van der Waals surface area contributed by atoms with Gasteiger partial charge in [-0.3, -0.25) is 4.79 Å². The van der Waals surface area contributed by atoms with Crippen molar-refractivity contribution in [2.24, 2.45) is 0 Å². The maximum atomic E-state index is 11.8. The number of carbonyl (C=O) groups is 2. The first-order chi connectivity index (χ1) is 7.95. The summed E-state index contributed by atoms with van der Waals surface area (Å²) in [4.78, 5) is 26.5. The predicted octanol–water partition coefficient (Wildman–Crippen LogP) is 2.20. The lowest BCUT2D eigenvalue weighted by Gasteiger charge is -2.12. The van der Waals surface area contributed by atoms with Gasteiger partial charge >= 0.3 is 5.97 Å². The van der Waals surface area contributed by atoms with Gasteiger partial charge in [-0.15, -0.1) is 0 Å². The Morgan fingerprint density at radius 2 is 2.18 bits per heavy atom. The number of amides is 1. The van der Waals surface area contributed by atoms with E-state index >= 15 is 0 Å². The second kappa shape index (κ2) is 6.11. The molecule has 1 atom stereocenters. The fraction of sp³-hybridized carbons (Fsp3) is 0.300. The molecular weight excluding hydrogens is 356 g/mol. The molecule has 0 fully saturated rings. The van der Waals surface area contributed by atoms with Gasteiger partial charge in [-0.2, -0.15) is 0 Å². The summed E-state index contributed by atoms with van der Waals surface area (Å²) in [6.45, 7) is 1.68. The Hall–Kier alpha value is -0.950. The number of hydrogen-bond donors (Lipinski definition) is 2. The summed E-state index contributed by atoms with van der Waals surface area (Å²) < 4.78 is 1.23. The molecule has 17 heavy (non-hydrogen) atoms. The fourth-order valence-electron chi connectivity index (χ4n) is 1.15. The third-order valence-corrected chi connectivity index (χ3v) is 3.07. The van der Waals surface area contributed by atoms with Gasteiger partial charge in [0.1, 0.15) is 11.7 Å². The van der Waals surface area contributed by atoms with Gasteiger partial charge in [0.05, 0.1) is 4.47 Å². The van der Waals surface area contributed by atoms with Crippen LogP contribution in [0.5, 0.6) is 0 Å². The smallest absolute Gasteiger partial charge is 0.326 e. The van der Waals surface area contributed by atoms with Crippen molar-refractivity contribution < 1.29 is 14.7 Å². The molecule has 5 nitrogen and oxygen atoms in total. The minimum absolute atomic E-state index is 0.160. The number of halogens is 2. The van der Waals surface area contributed by atoms with E-state index in [0.717, 1.165) is 4.47 Å². The second-order valence-electron chi connectivity index (χ2n) is 3.26. The zero-order valence-electron chi connectivity index (χ0n) is 8.91. The van der Waals surface area contributed by atoms with Gasteiger partial charge in [0.25, 0.3) is 5.91 Å². The van der Waals surface area contributed by atoms with Crippen LogP contribution in [-0.2, 0) is 4.79 Å². The molecule has 0 aliphatic rings. The van der Waals surface area contributed by atoms with Gasteiger partial charge < -0.3 is 10.4 Å². The minimum atomic E-state index is -1.06. The third kappa shape index (κ3) is 3.78. The van der Waals surface area contributed by atoms with E-state index in [9.17, 15) is 9.59 Å². The van der Waals surface area contributed by atoms with Crippen molar-refractivity contribution in [1.29, 1.82) is 0 Å². The van der Waals surface area contributed by atoms with Crippen molar-refractivity contribution in [2.75, 3.05) is 0 Å². The molecule has 1 heterocycles. The molecule has 0 bridgehead atoms. The average molecular weight is 366 g/mol. The van der Waals surface area contributed by atoms with Crippen LogP contribution in [-0.4, -0.2) is 28.0 Å². The molecule has 92 valence electrons. The monoisotopic (exact) mass is 364 g/mol. The molecule has 1 rings (SSSR count). The van der Waals surface area contributed by atoms with Crippen LogP contribution in [0, 0.1) is 0 Å². The van der Waals surface area contributed by atoms with E-state index in [1.54, 1.807) is 13.0 Å². The van der Waals surface area contributed by atoms with E-state index in [1.807, 2.05) is 0 Å². The Kier molecular flexibility index (Phi) is 5.07. The molecule has 7 heteroatoms. The first kappa shape index (κ1) is 14.1. The largest absolute Gasteiger partial charge is 0.480 e. The van der Waals surface area contributed by atoms with Crippen LogP contribution < -0.4 is 5.32 Å². The molecule has 0 aromatic carbocycles. The number of hydrogen-bond acceptors (Lipinski definition) is 3. The summed E-state index contributed by atoms with van der Waals surface area (Å²) in [6, 6.07) is 0.767. The van der Waals surface area contributed by atoms with Crippen LogP contribution in [0.1, 0.15) is 23.8 Å². The molecule has 1 unspecified atom stereocenters. The molecule has 0 saturated carbocycles. The van der Waals surface area contributed by atoms with Gasteiger partial charge in [-0.05, 0) is 44.3 Å². The van der Waals surface area contributed by atoms with Crippen molar-refractivity contribution >= 4 is 43.7 Å². The van der Waals surface area contributed by atoms with Crippen LogP contribution in [0.3, 0.4) is 0 Å². The van der Waals surface area contributed by atoms with Crippen molar-refractivity contribution in [2.45, 2.75) is 19.4 Å². The van der Waals surface area contributed by atoms with E-state index in [4.69, 9.17) is 5.11 Å². The zero-order chi connectivity index (χ0) is 13.0. The summed E-state index contributed by atoms with van der Waals surface area (Å²) in [5.41, 5.74) is 0.160. The lowest BCUT2D eigenvalue weighted by molar-refractivity contribution is -0.139. The van der Waals surface area contributed by atoms with Gasteiger partial charge in [-0.25, -0.2) is 9.78 Å². The fourth-order valence-corrected chi connectivity index (χ4v) is 2.31. The number of carboxylic acids is 1. The van der Waals surface area contributed by atoms with Crippen molar-refractivity contribution in [3.63, 3.8) is 0 Å². The number of nitrogens with one attached hydrogen (secondary N) is 1. The first-order valence-electron chi connectivity index (χ1n) is 4.80. The Morgan fingerprint density at radius 1 is 1.53 bits per heavy atom. The number of aromatic nitrogens is 1. The summed E-state index contributed by atoms with van der Waals surface area (Å²) in [5.74, 6) is -1.58. The second-order valence-corrected chi connectivity index (χ2v) is 5.03. The molecule has 0 spiro atoms. The van der Waals surface area contributed by atoms with Gasteiger partial charge in [0.2, 0.25) is 0 Å². The number of carbonyl (C=O) groups excluding carboxylic acids is 1. The van der Waals surface area contributed by atoms with Crippen LogP contribution in [0.25, 0.3) is 0 Å². The van der Waals surface area contributed by atoms with Crippen molar-refractivity contribution in [3.05, 3.63) is 26.9 Å². The first-order valence-corrected chi connectivity index (χ1v) is 6.39. The predicted molar refractivity (Wildman–Crippen MR) is 68.8 cm³/mol. The molecule has 1 aromatic rings. The SMILES string of the molecule is CCC(NC(=O)c1ncc(Br)cc1Br)C(=O)O. The quantitative estimate of drug-likeness (QED) is 0.857. The van der Waals surface area contributed by atoms with Crippen LogP contribution in [0.4, 0.5) is 0 Å². The normalized spacial score (nSPS) is 11.9. The van der Waals surface area contributed by atoms with Crippen molar-refractivity contribution in [1.82, 2.24) is 10.3 Å². The van der Waals surface area contributed by atoms with Gasteiger partial charge in [0.15, 0.2) is 0 Å². The maximum Gasteiger partial charge on any atom is 0.326 e. The molecule has 2 N–H and O–H groups in total. The molecule has 0 saturated heterocycles. The van der Waals surface area contributed by atoms with Gasteiger partial charge in [0, 0.05) is 10.7 Å². The maximum absolute atomic E-state index is 11.8. The zero-order valence-corrected chi connectivity index (χ0v) is 12.1. The van der Waals surface area contributed by atoms with E-state index < -0.39 is 17.9 Å². The molecule has 0 radical (unpaired) electrons. The summed E-state index contributed by atoms with van der Waals surface area (Å²) in [7, 11) is 0. The van der Waals surface area contributed by atoms with E-state index in [-0.39, 0.29) is 5.69 Å². The molecule has 0 aliphatic carbocycles. The summed E-state index contributed by atoms with van der Waals surface area (Å²) in [5, 5.41) is 11.2. The lowest BCUT2D eigenvalue weighted by atomic mass is 10.2. The molecule has 1 amide bonds. The topological polar surface area (TPSA) is 79.3 Å². The molecule has 0 aliphatic heterocycles. The van der Waals surface area contributed by atoms with E-state index in [1.165, 1.54) is 6.20 Å². The highest BCUT2D eigenvalue weighted by molar-refractivity contribution is 9.11. The number of aliphatic carboxylic acids is 1. The van der Waals surface area contributed by atoms with Crippen molar-refractivity contribution in [3.8, 4) is 0 Å². The number of nitrogens with zero attached hydrogens (tertiary/aromatic N) is 1. The van der Waals surface area contributed by atoms with Crippen LogP contribution in [0.2, 0.25) is 0 Å². The highest BCUT2D eigenvalue weighted by atomic mass is 79.9. The molecular formula is C10H10Br2N2O3. The van der Waals surface area contributed by atoms with Crippen LogP contribution >= 0.6 is 31.9 Å². The standard InChI is InChI=1S/C10H10Br2N2O3/c1-2-7(10(16)17)14-9(15)8-6(12)3-5(11)4-13-8/h3-4,7H,2H2,1H3,(H,14,15)(H,16,17). The van der Waals surface area contributed by atoms with E-state index in [0.29, 0.717) is 10.9 Å². The number of rotatable bonds is 4. The summed E-state index contributed by atoms with van der Waals surface area (Å²) >= 11 is 6.41. The van der Waals surface area contributed by atoms with Crippen LogP contribution in [0.15, 0.2) is 21.2 Å². The third-order valence-electron chi connectivity index (χ3n) is 2.03. The Bertz CT molecular complexity index is 451. The Labute approximate surface area is 115 Å². The highest BCUT2D eigenvalue weighted by Gasteiger charge is 2.20. The van der Waals surface area contributed by atoms with Gasteiger partial charge in [-0.1, -0.05) is 6.92 Å². The number of carboxylic acid groups (broad SMARTS) is 1. The highest BCUT2D eigenvalue weighted by Crippen LogP contribution is 2.19.